The van der Waals surface area contributed by atoms with Crippen LogP contribution in [0.15, 0.2) is 0 Å². The Bertz CT molecular complexity index is 179. The Labute approximate surface area is 95.0 Å². The van der Waals surface area contributed by atoms with Crippen LogP contribution in [0.3, 0.4) is 0 Å². The van der Waals surface area contributed by atoms with Gasteiger partial charge in [-0.25, -0.2) is 9.59 Å². The first kappa shape index (κ1) is 18.1. The number of nitrogens with one attached hydrogen (secondary N) is 1. The number of hydrogen-bond donors (Lipinski definition) is 5. The van der Waals surface area contributed by atoms with E-state index in [0.717, 1.165) is 0 Å². The number of hydrogen-bond acceptors (Lipinski definition) is 4. The first-order chi connectivity index (χ1) is 5.40. The van der Waals surface area contributed by atoms with Crippen molar-refractivity contribution in [2.45, 2.75) is 0 Å². The molecule has 0 bridgehead atoms. The van der Waals surface area contributed by atoms with Gasteiger partial charge in [0.15, 0.2) is 0 Å². The van der Waals surface area contributed by atoms with Crippen LogP contribution in [-0.4, -0.2) is 69.6 Å². The van der Waals surface area contributed by atoms with Crippen molar-refractivity contribution in [3.05, 3.63) is 0 Å². The zero-order valence-electron chi connectivity index (χ0n) is 5.85. The van der Waals surface area contributed by atoms with Gasteiger partial charge in [-0.15, -0.1) is 0 Å². The quantitative estimate of drug-likeness (QED) is 0.304. The number of carbonyl (C=O) groups excluding carboxylic acids is 2. The van der Waals surface area contributed by atoms with Crippen LogP contribution >= 0.6 is 0 Å². The van der Waals surface area contributed by atoms with Crippen molar-refractivity contribution in [1.29, 1.82) is 0 Å². The SMILES string of the molecule is NC(=O)NC(=O)CO.O=C(O)O.[NaH]. The first-order valence-electron chi connectivity index (χ1n) is 2.52. The number of carboxylic acid groups (broad SMARTS) is 2. The summed E-state index contributed by atoms with van der Waals surface area (Å²) in [7, 11) is 0. The summed E-state index contributed by atoms with van der Waals surface area (Å²) in [6, 6.07) is -0.955. The van der Waals surface area contributed by atoms with Crippen LogP contribution in [-0.2, 0) is 4.79 Å². The molecule has 0 aliphatic heterocycles. The van der Waals surface area contributed by atoms with Crippen LogP contribution in [0.25, 0.3) is 0 Å². The second kappa shape index (κ2) is 11.2. The third kappa shape index (κ3) is 35.1. The summed E-state index contributed by atoms with van der Waals surface area (Å²) in [6.07, 6.45) is -1.83. The Hall–Kier alpha value is -0.830. The molecule has 13 heavy (non-hydrogen) atoms. The number of nitrogens with two attached hydrogens (primary N) is 1. The van der Waals surface area contributed by atoms with Crippen LogP contribution in [0.2, 0.25) is 0 Å². The topological polar surface area (TPSA) is 150 Å². The summed E-state index contributed by atoms with van der Waals surface area (Å²) in [5, 5.41) is 23.6. The Morgan fingerprint density at radius 2 is 1.54 bits per heavy atom. The molecule has 0 rings (SSSR count). The van der Waals surface area contributed by atoms with Gasteiger partial charge >= 0.3 is 41.7 Å². The zero-order chi connectivity index (χ0) is 10.1. The molecule has 0 aromatic carbocycles. The molecule has 0 fully saturated rings. The van der Waals surface area contributed by atoms with E-state index in [9.17, 15) is 9.59 Å². The van der Waals surface area contributed by atoms with Crippen molar-refractivity contribution >= 4 is 47.7 Å². The van der Waals surface area contributed by atoms with E-state index in [1.807, 2.05) is 0 Å². The average Bonchev–Trinajstić information content (AvgIpc) is 1.84. The van der Waals surface area contributed by atoms with Gasteiger partial charge in [-0.05, 0) is 0 Å². The number of aliphatic hydroxyl groups is 1. The number of amides is 3. The van der Waals surface area contributed by atoms with Gasteiger partial charge in [0, 0.05) is 0 Å². The van der Waals surface area contributed by atoms with Crippen molar-refractivity contribution in [2.75, 3.05) is 6.61 Å². The van der Waals surface area contributed by atoms with Crippen LogP contribution in [0.1, 0.15) is 0 Å². The molecule has 9 heteroatoms. The Kier molecular flexibility index (Phi) is 15.5. The number of carbonyl (C=O) groups is 3. The van der Waals surface area contributed by atoms with Gasteiger partial charge in [0.25, 0.3) is 5.91 Å². The van der Waals surface area contributed by atoms with E-state index in [1.165, 1.54) is 0 Å². The van der Waals surface area contributed by atoms with Gasteiger partial charge in [0.05, 0.1) is 0 Å². The molecular formula is C4H9N2NaO6. The summed E-state index contributed by atoms with van der Waals surface area (Å²) in [4.78, 5) is 28.3. The molecule has 0 aromatic rings. The van der Waals surface area contributed by atoms with Crippen LogP contribution in [0.5, 0.6) is 0 Å². The fourth-order valence-electron chi connectivity index (χ4n) is 0.177. The number of primary amides is 1. The van der Waals surface area contributed by atoms with Gasteiger partial charge in [-0.3, -0.25) is 10.1 Å². The Morgan fingerprint density at radius 3 is 1.62 bits per heavy atom. The van der Waals surface area contributed by atoms with E-state index >= 15 is 0 Å². The van der Waals surface area contributed by atoms with E-state index in [4.69, 9.17) is 20.1 Å². The fourth-order valence-corrected chi connectivity index (χ4v) is 0.177. The van der Waals surface area contributed by atoms with Gasteiger partial charge in [0.1, 0.15) is 6.61 Å². The molecular weight excluding hydrogens is 195 g/mol. The summed E-state index contributed by atoms with van der Waals surface area (Å²) in [5.41, 5.74) is 4.49. The van der Waals surface area contributed by atoms with Crippen molar-refractivity contribution in [3.8, 4) is 0 Å². The number of rotatable bonds is 1. The fraction of sp³-hybridized carbons (Fsp3) is 0.250. The Balaban J connectivity index is -0.000000173. The maximum absolute atomic E-state index is 9.96. The molecule has 0 atom stereocenters. The summed E-state index contributed by atoms with van der Waals surface area (Å²) in [5.74, 6) is -0.794. The summed E-state index contributed by atoms with van der Waals surface area (Å²) < 4.78 is 0. The van der Waals surface area contributed by atoms with Gasteiger partial charge < -0.3 is 21.1 Å². The first-order valence-corrected chi connectivity index (χ1v) is 2.52. The predicted octanol–water partition coefficient (Wildman–Crippen LogP) is -2.25. The molecule has 0 heterocycles. The molecule has 3 amide bonds. The summed E-state index contributed by atoms with van der Waals surface area (Å²) in [6.45, 7) is -0.719. The molecule has 0 unspecified atom stereocenters. The van der Waals surface area contributed by atoms with Crippen LogP contribution < -0.4 is 11.1 Å². The predicted molar refractivity (Wildman–Crippen MR) is 42.6 cm³/mol. The van der Waals surface area contributed by atoms with Crippen LogP contribution in [0.4, 0.5) is 9.59 Å². The molecule has 0 aliphatic rings. The second-order valence-electron chi connectivity index (χ2n) is 1.35. The molecule has 0 saturated heterocycles. The number of aliphatic hydroxyl groups excluding tert-OH is 1. The summed E-state index contributed by atoms with van der Waals surface area (Å²) >= 11 is 0. The van der Waals surface area contributed by atoms with E-state index in [1.54, 1.807) is 5.32 Å². The molecule has 0 radical (unpaired) electrons. The zero-order valence-corrected chi connectivity index (χ0v) is 5.85. The standard InChI is InChI=1S/C3H6N2O3.CH2O3.Na.H/c4-3(8)5-2(7)1-6;2-1(3)4;;/h6H,1H2,(H3,4,5,7,8);(H2,2,3,4);;. The van der Waals surface area contributed by atoms with Crippen molar-refractivity contribution in [2.24, 2.45) is 5.73 Å². The normalized spacial score (nSPS) is 6.85. The van der Waals surface area contributed by atoms with Gasteiger partial charge in [-0.1, -0.05) is 0 Å². The minimum absolute atomic E-state index is 0. The van der Waals surface area contributed by atoms with Gasteiger partial charge in [-0.2, -0.15) is 0 Å². The average molecular weight is 204 g/mol. The third-order valence-corrected chi connectivity index (χ3v) is 0.406. The number of imide groups is 1. The van der Waals surface area contributed by atoms with E-state index in [2.05, 4.69) is 5.73 Å². The Morgan fingerprint density at radius 1 is 1.23 bits per heavy atom. The van der Waals surface area contributed by atoms with E-state index in [0.29, 0.717) is 0 Å². The van der Waals surface area contributed by atoms with Gasteiger partial charge in [0.2, 0.25) is 0 Å². The van der Waals surface area contributed by atoms with Crippen LogP contribution in [0, 0.1) is 0 Å². The second-order valence-corrected chi connectivity index (χ2v) is 1.35. The van der Waals surface area contributed by atoms with E-state index < -0.39 is 24.7 Å². The van der Waals surface area contributed by atoms with Crippen molar-refractivity contribution < 1.29 is 29.7 Å². The molecule has 0 saturated carbocycles. The molecule has 0 aliphatic carbocycles. The molecule has 8 nitrogen and oxygen atoms in total. The monoisotopic (exact) mass is 204 g/mol. The molecule has 6 N–H and O–H groups in total. The molecule has 0 aromatic heterocycles. The molecule has 72 valence electrons. The van der Waals surface area contributed by atoms with E-state index in [-0.39, 0.29) is 29.6 Å². The number of urea groups is 1. The third-order valence-electron chi connectivity index (χ3n) is 0.406. The molecule has 0 spiro atoms. The van der Waals surface area contributed by atoms with Crippen molar-refractivity contribution in [1.82, 2.24) is 5.32 Å². The van der Waals surface area contributed by atoms with Crippen molar-refractivity contribution in [3.63, 3.8) is 0 Å². The maximum atomic E-state index is 9.96. The minimum atomic E-state index is -1.83.